The third kappa shape index (κ3) is 7.45. The highest BCUT2D eigenvalue weighted by Gasteiger charge is 2.19. The van der Waals surface area contributed by atoms with Crippen LogP contribution in [-0.2, 0) is 10.1 Å². The van der Waals surface area contributed by atoms with Crippen molar-refractivity contribution in [3.8, 4) is 5.75 Å². The van der Waals surface area contributed by atoms with E-state index < -0.39 is 21.9 Å². The van der Waals surface area contributed by atoms with E-state index >= 15 is 0 Å². The molecule has 33 heavy (non-hydrogen) atoms. The van der Waals surface area contributed by atoms with Crippen LogP contribution >= 0.6 is 0 Å². The molecule has 2 rings (SSSR count). The smallest absolute Gasteiger partial charge is 0.306 e. The fourth-order valence-corrected chi connectivity index (χ4v) is 3.00. The second-order valence-corrected chi connectivity index (χ2v) is 9.19. The van der Waals surface area contributed by atoms with Crippen LogP contribution in [0.5, 0.6) is 5.75 Å². The second-order valence-electron chi connectivity index (χ2n) is 7.62. The molecular formula is C21H28N6O5S. The first-order valence-electron chi connectivity index (χ1n) is 10.0. The lowest BCUT2D eigenvalue weighted by Gasteiger charge is -2.20. The van der Waals surface area contributed by atoms with Crippen LogP contribution in [0.15, 0.2) is 37.1 Å². The molecule has 5 N–H and O–H groups in total. The van der Waals surface area contributed by atoms with E-state index in [0.717, 1.165) is 6.26 Å². The summed E-state index contributed by atoms with van der Waals surface area (Å²) in [5.41, 5.74) is 5.93. The number of carbonyl (C=O) groups excluding carboxylic acids is 2. The highest BCUT2D eigenvalue weighted by molar-refractivity contribution is 7.86. The van der Waals surface area contributed by atoms with Gasteiger partial charge in [0.05, 0.1) is 17.4 Å². The summed E-state index contributed by atoms with van der Waals surface area (Å²) in [6.07, 6.45) is 3.66. The minimum Gasteiger partial charge on any atom is -0.382 e. The third-order valence-electron chi connectivity index (χ3n) is 4.55. The Bertz CT molecular complexity index is 1150. The molecule has 0 aliphatic heterocycles. The quantitative estimate of drug-likeness (QED) is 0.280. The average molecular weight is 477 g/mol. The Morgan fingerprint density at radius 1 is 1.24 bits per heavy atom. The van der Waals surface area contributed by atoms with Gasteiger partial charge in [0.15, 0.2) is 5.75 Å². The van der Waals surface area contributed by atoms with E-state index in [1.165, 1.54) is 30.5 Å². The first kappa shape index (κ1) is 25.6. The summed E-state index contributed by atoms with van der Waals surface area (Å²) in [5.74, 6) is -0.715. The van der Waals surface area contributed by atoms with Crippen LogP contribution in [-0.4, -0.2) is 49.0 Å². The van der Waals surface area contributed by atoms with E-state index in [4.69, 9.17) is 9.92 Å². The molecule has 2 aromatic rings. The maximum Gasteiger partial charge on any atom is 0.306 e. The summed E-state index contributed by atoms with van der Waals surface area (Å²) in [6, 6.07) is 4.23. The summed E-state index contributed by atoms with van der Waals surface area (Å²) in [7, 11) is -3.86. The predicted molar refractivity (Wildman–Crippen MR) is 126 cm³/mol. The van der Waals surface area contributed by atoms with Crippen molar-refractivity contribution < 1.29 is 22.2 Å². The van der Waals surface area contributed by atoms with E-state index in [1.807, 2.05) is 20.8 Å². The van der Waals surface area contributed by atoms with Gasteiger partial charge in [0.2, 0.25) is 5.95 Å². The number of amides is 2. The van der Waals surface area contributed by atoms with Gasteiger partial charge >= 0.3 is 10.1 Å². The molecule has 0 saturated heterocycles. The zero-order valence-corrected chi connectivity index (χ0v) is 19.7. The number of carbonyl (C=O) groups is 2. The number of nitrogens with zero attached hydrogens (tertiary/aromatic N) is 2. The van der Waals surface area contributed by atoms with E-state index in [-0.39, 0.29) is 47.1 Å². The number of hydrogen-bond acceptors (Lipinski definition) is 9. The lowest BCUT2D eigenvalue weighted by atomic mass is 10.1. The number of rotatable bonds is 11. The van der Waals surface area contributed by atoms with Crippen molar-refractivity contribution in [2.75, 3.05) is 23.4 Å². The standard InChI is InChI=1S/C21H28N6O5S/c1-6-9-23-20(29)15-10-14(7-8-17(15)32-33(5,30)31)26-21-24-11-16(18(22)28)19(27-21)25-13(4)12(2)3/h6-8,10-13H,1,9H2,2-5H3,(H2,22,28)(H,23,29)(H2,24,25,26,27)/t13-/m1/s1. The van der Waals surface area contributed by atoms with Gasteiger partial charge in [0.1, 0.15) is 5.82 Å². The number of benzene rings is 1. The van der Waals surface area contributed by atoms with E-state index in [1.54, 1.807) is 0 Å². The fourth-order valence-electron chi connectivity index (χ4n) is 2.52. The summed E-state index contributed by atoms with van der Waals surface area (Å²) < 4.78 is 28.1. The normalized spacial score (nSPS) is 12.0. The van der Waals surface area contributed by atoms with Gasteiger partial charge in [0.25, 0.3) is 11.8 Å². The number of nitrogens with one attached hydrogen (secondary N) is 3. The molecule has 12 heteroatoms. The van der Waals surface area contributed by atoms with E-state index in [0.29, 0.717) is 5.69 Å². The third-order valence-corrected chi connectivity index (χ3v) is 5.03. The maximum absolute atomic E-state index is 12.5. The number of anilines is 3. The second kappa shape index (κ2) is 10.8. The number of nitrogens with two attached hydrogens (primary N) is 1. The Balaban J connectivity index is 2.41. The molecule has 1 aromatic carbocycles. The summed E-state index contributed by atoms with van der Waals surface area (Å²) in [6.45, 7) is 9.68. The molecule has 0 unspecified atom stereocenters. The largest absolute Gasteiger partial charge is 0.382 e. The van der Waals surface area contributed by atoms with Crippen LogP contribution in [0.4, 0.5) is 17.5 Å². The lowest BCUT2D eigenvalue weighted by molar-refractivity contribution is 0.0955. The van der Waals surface area contributed by atoms with Crippen molar-refractivity contribution in [3.63, 3.8) is 0 Å². The Labute approximate surface area is 193 Å². The first-order valence-corrected chi connectivity index (χ1v) is 11.9. The van der Waals surface area contributed by atoms with Gasteiger partial charge in [-0.15, -0.1) is 6.58 Å². The van der Waals surface area contributed by atoms with Crippen LogP contribution < -0.4 is 25.9 Å². The molecule has 0 fully saturated rings. The summed E-state index contributed by atoms with van der Waals surface area (Å²) >= 11 is 0. The van der Waals surface area contributed by atoms with Crippen LogP contribution in [0.2, 0.25) is 0 Å². The zero-order valence-electron chi connectivity index (χ0n) is 18.9. The van der Waals surface area contributed by atoms with E-state index in [2.05, 4.69) is 32.5 Å². The molecule has 0 aliphatic rings. The van der Waals surface area contributed by atoms with E-state index in [9.17, 15) is 18.0 Å². The number of aromatic nitrogens is 2. The molecule has 0 spiro atoms. The van der Waals surface area contributed by atoms with Gasteiger partial charge in [-0.1, -0.05) is 19.9 Å². The minimum atomic E-state index is -3.86. The van der Waals surface area contributed by atoms with Gasteiger partial charge in [-0.25, -0.2) is 4.98 Å². The SMILES string of the molecule is C=CCNC(=O)c1cc(Nc2ncc(C(N)=O)c(N[C@H](C)C(C)C)n2)ccc1OS(C)(=O)=O. The van der Waals surface area contributed by atoms with Crippen LogP contribution in [0.3, 0.4) is 0 Å². The zero-order chi connectivity index (χ0) is 24.8. The van der Waals surface area contributed by atoms with Crippen molar-refractivity contribution in [1.29, 1.82) is 0 Å². The van der Waals surface area contributed by atoms with Crippen LogP contribution in [0.1, 0.15) is 41.5 Å². The topological polar surface area (TPSA) is 165 Å². The molecule has 1 heterocycles. The summed E-state index contributed by atoms with van der Waals surface area (Å²) in [5, 5.41) is 8.66. The molecule has 1 aromatic heterocycles. The van der Waals surface area contributed by atoms with Crippen LogP contribution in [0.25, 0.3) is 0 Å². The van der Waals surface area contributed by atoms with Gasteiger partial charge < -0.3 is 25.9 Å². The molecule has 178 valence electrons. The highest BCUT2D eigenvalue weighted by Crippen LogP contribution is 2.26. The molecule has 1 atom stereocenters. The average Bonchev–Trinajstić information content (AvgIpc) is 2.71. The Kier molecular flexibility index (Phi) is 8.35. The molecule has 0 radical (unpaired) electrons. The molecule has 2 amide bonds. The Morgan fingerprint density at radius 3 is 2.52 bits per heavy atom. The molecule has 0 aliphatic carbocycles. The van der Waals surface area contributed by atoms with Gasteiger partial charge in [-0.2, -0.15) is 13.4 Å². The predicted octanol–water partition coefficient (Wildman–Crippen LogP) is 2.03. The van der Waals surface area contributed by atoms with Crippen LogP contribution in [0, 0.1) is 5.92 Å². The van der Waals surface area contributed by atoms with Crippen molar-refractivity contribution in [2.45, 2.75) is 26.8 Å². The van der Waals surface area contributed by atoms with Crippen molar-refractivity contribution in [1.82, 2.24) is 15.3 Å². The highest BCUT2D eigenvalue weighted by atomic mass is 32.2. The van der Waals surface area contributed by atoms with Crippen molar-refractivity contribution in [3.05, 3.63) is 48.2 Å². The minimum absolute atomic E-state index is 0.00145. The first-order chi connectivity index (χ1) is 15.4. The number of primary amides is 1. The Morgan fingerprint density at radius 2 is 1.94 bits per heavy atom. The number of hydrogen-bond donors (Lipinski definition) is 4. The molecular weight excluding hydrogens is 448 g/mol. The van der Waals surface area contributed by atoms with Crippen molar-refractivity contribution in [2.24, 2.45) is 11.7 Å². The lowest BCUT2D eigenvalue weighted by Crippen LogP contribution is -2.25. The molecule has 0 saturated carbocycles. The van der Waals surface area contributed by atoms with Gasteiger partial charge in [-0.05, 0) is 31.0 Å². The fraction of sp³-hybridized carbons (Fsp3) is 0.333. The van der Waals surface area contributed by atoms with Crippen molar-refractivity contribution >= 4 is 39.4 Å². The summed E-state index contributed by atoms with van der Waals surface area (Å²) in [4.78, 5) is 32.7. The maximum atomic E-state index is 12.5. The van der Waals surface area contributed by atoms with Gasteiger partial charge in [0, 0.05) is 24.5 Å². The molecule has 0 bridgehead atoms. The molecule has 11 nitrogen and oxygen atoms in total. The van der Waals surface area contributed by atoms with Gasteiger partial charge in [-0.3, -0.25) is 9.59 Å². The monoisotopic (exact) mass is 476 g/mol. The Hall–Kier alpha value is -3.67.